The van der Waals surface area contributed by atoms with Crippen molar-refractivity contribution < 1.29 is 14.0 Å². The summed E-state index contributed by atoms with van der Waals surface area (Å²) in [5, 5.41) is 5.40. The van der Waals surface area contributed by atoms with Gasteiger partial charge < -0.3 is 10.6 Å². The van der Waals surface area contributed by atoms with E-state index in [-0.39, 0.29) is 17.4 Å². The minimum atomic E-state index is -0.679. The molecule has 1 aromatic heterocycles. The molecule has 22 heavy (non-hydrogen) atoms. The van der Waals surface area contributed by atoms with E-state index in [1.54, 1.807) is 12.1 Å². The Hall–Kier alpha value is -2.76. The van der Waals surface area contributed by atoms with E-state index in [0.717, 1.165) is 17.3 Å². The third-order valence-corrected chi connectivity index (χ3v) is 2.96. The normalized spacial score (nSPS) is 10.1. The molecular weight excluding hydrogens is 285 g/mol. The van der Waals surface area contributed by atoms with Crippen molar-refractivity contribution in [2.75, 3.05) is 11.9 Å². The summed E-state index contributed by atoms with van der Waals surface area (Å²) >= 11 is 0. The monoisotopic (exact) mass is 301 g/mol. The Balaban J connectivity index is 1.83. The fraction of sp³-hybridized carbons (Fsp3) is 0.188. The molecule has 0 aliphatic carbocycles. The number of pyridine rings is 1. The summed E-state index contributed by atoms with van der Waals surface area (Å²) in [5.41, 5.74) is 2.00. The summed E-state index contributed by atoms with van der Waals surface area (Å²) in [6.45, 7) is 1.88. The first-order chi connectivity index (χ1) is 10.5. The van der Waals surface area contributed by atoms with Crippen LogP contribution in [0.5, 0.6) is 0 Å². The van der Waals surface area contributed by atoms with Crippen LogP contribution in [0.3, 0.4) is 0 Å². The van der Waals surface area contributed by atoms with E-state index in [1.165, 1.54) is 19.2 Å². The van der Waals surface area contributed by atoms with Crippen molar-refractivity contribution in [2.24, 2.45) is 0 Å². The largest absolute Gasteiger partial charge is 0.352 e. The number of hydrogen-bond donors (Lipinski definition) is 2. The Labute approximate surface area is 127 Å². The minimum absolute atomic E-state index is 0.121. The second-order valence-electron chi connectivity index (χ2n) is 4.75. The summed E-state index contributed by atoms with van der Waals surface area (Å²) in [6.07, 6.45) is 1.89. The van der Waals surface area contributed by atoms with Crippen molar-refractivity contribution >= 4 is 17.5 Å². The van der Waals surface area contributed by atoms with Gasteiger partial charge in [-0.05, 0) is 30.2 Å². The van der Waals surface area contributed by atoms with E-state index in [2.05, 4.69) is 15.6 Å². The van der Waals surface area contributed by atoms with E-state index < -0.39 is 5.95 Å². The Morgan fingerprint density at radius 3 is 2.55 bits per heavy atom. The van der Waals surface area contributed by atoms with Gasteiger partial charge in [0, 0.05) is 37.0 Å². The number of carbonyl (C=O) groups is 2. The predicted molar refractivity (Wildman–Crippen MR) is 81.0 cm³/mol. The van der Waals surface area contributed by atoms with E-state index in [0.29, 0.717) is 13.0 Å². The molecule has 0 fully saturated rings. The number of carbonyl (C=O) groups excluding carboxylic acids is 2. The molecule has 2 N–H and O–H groups in total. The summed E-state index contributed by atoms with van der Waals surface area (Å²) in [5.74, 6) is -1.14. The van der Waals surface area contributed by atoms with Crippen molar-refractivity contribution in [1.82, 2.24) is 10.3 Å². The molecule has 0 bridgehead atoms. The first-order valence-electron chi connectivity index (χ1n) is 6.81. The van der Waals surface area contributed by atoms with Crippen LogP contribution in [0, 0.1) is 5.95 Å². The third-order valence-electron chi connectivity index (χ3n) is 2.96. The molecule has 2 amide bonds. The average molecular weight is 301 g/mol. The molecule has 6 heteroatoms. The fourth-order valence-corrected chi connectivity index (χ4v) is 1.92. The standard InChI is InChI=1S/C16H16FN3O2/c1-11(21)20-14-4-2-12(3-5-14)6-8-19-16(22)13-7-9-18-15(17)10-13/h2-5,7,9-10H,6,8H2,1H3,(H,19,22)(H,20,21). The van der Waals surface area contributed by atoms with Crippen LogP contribution >= 0.6 is 0 Å². The van der Waals surface area contributed by atoms with Gasteiger partial charge in [-0.1, -0.05) is 12.1 Å². The summed E-state index contributed by atoms with van der Waals surface area (Å²) in [6, 6.07) is 9.92. The lowest BCUT2D eigenvalue weighted by atomic mass is 10.1. The van der Waals surface area contributed by atoms with E-state index >= 15 is 0 Å². The van der Waals surface area contributed by atoms with Crippen LogP contribution in [0.2, 0.25) is 0 Å². The molecule has 0 saturated heterocycles. The van der Waals surface area contributed by atoms with Crippen LogP contribution in [-0.2, 0) is 11.2 Å². The molecule has 1 aromatic carbocycles. The Kier molecular flexibility index (Phi) is 5.19. The van der Waals surface area contributed by atoms with Gasteiger partial charge in [-0.2, -0.15) is 4.39 Å². The molecule has 114 valence electrons. The van der Waals surface area contributed by atoms with Gasteiger partial charge in [0.15, 0.2) is 0 Å². The van der Waals surface area contributed by atoms with Crippen LogP contribution in [0.1, 0.15) is 22.8 Å². The van der Waals surface area contributed by atoms with Crippen LogP contribution < -0.4 is 10.6 Å². The zero-order valence-electron chi connectivity index (χ0n) is 12.1. The van der Waals surface area contributed by atoms with Gasteiger partial charge in [0.25, 0.3) is 5.91 Å². The highest BCUT2D eigenvalue weighted by molar-refractivity contribution is 5.94. The Morgan fingerprint density at radius 2 is 1.91 bits per heavy atom. The molecule has 0 radical (unpaired) electrons. The zero-order valence-corrected chi connectivity index (χ0v) is 12.1. The quantitative estimate of drug-likeness (QED) is 0.831. The molecule has 2 aromatic rings. The second-order valence-corrected chi connectivity index (χ2v) is 4.75. The van der Waals surface area contributed by atoms with Crippen molar-refractivity contribution in [3.8, 4) is 0 Å². The lowest BCUT2D eigenvalue weighted by molar-refractivity contribution is -0.114. The number of halogens is 1. The summed E-state index contributed by atoms with van der Waals surface area (Å²) in [4.78, 5) is 26.1. The molecule has 0 unspecified atom stereocenters. The number of anilines is 1. The smallest absolute Gasteiger partial charge is 0.251 e. The number of nitrogens with zero attached hydrogens (tertiary/aromatic N) is 1. The number of rotatable bonds is 5. The maximum atomic E-state index is 12.9. The van der Waals surface area contributed by atoms with Crippen LogP contribution in [0.15, 0.2) is 42.6 Å². The van der Waals surface area contributed by atoms with E-state index in [9.17, 15) is 14.0 Å². The van der Waals surface area contributed by atoms with Crippen LogP contribution in [-0.4, -0.2) is 23.3 Å². The van der Waals surface area contributed by atoms with Crippen molar-refractivity contribution in [3.63, 3.8) is 0 Å². The van der Waals surface area contributed by atoms with Gasteiger partial charge in [-0.25, -0.2) is 4.98 Å². The lowest BCUT2D eigenvalue weighted by Gasteiger charge is -2.07. The molecule has 0 aliphatic heterocycles. The van der Waals surface area contributed by atoms with Crippen molar-refractivity contribution in [3.05, 3.63) is 59.7 Å². The first-order valence-corrected chi connectivity index (χ1v) is 6.81. The Morgan fingerprint density at radius 1 is 1.18 bits per heavy atom. The van der Waals surface area contributed by atoms with Crippen molar-refractivity contribution in [2.45, 2.75) is 13.3 Å². The number of benzene rings is 1. The van der Waals surface area contributed by atoms with E-state index in [1.807, 2.05) is 12.1 Å². The SMILES string of the molecule is CC(=O)Nc1ccc(CCNC(=O)c2ccnc(F)c2)cc1. The van der Waals surface area contributed by atoms with Crippen molar-refractivity contribution in [1.29, 1.82) is 0 Å². The molecular formula is C16H16FN3O2. The number of hydrogen-bond acceptors (Lipinski definition) is 3. The van der Waals surface area contributed by atoms with Gasteiger partial charge in [-0.3, -0.25) is 9.59 Å². The topological polar surface area (TPSA) is 71.1 Å². The number of nitrogens with one attached hydrogen (secondary N) is 2. The van der Waals surface area contributed by atoms with Gasteiger partial charge in [0.05, 0.1) is 0 Å². The second kappa shape index (κ2) is 7.31. The fourth-order valence-electron chi connectivity index (χ4n) is 1.92. The van der Waals surface area contributed by atoms with Gasteiger partial charge >= 0.3 is 0 Å². The number of amides is 2. The lowest BCUT2D eigenvalue weighted by Crippen LogP contribution is -2.25. The maximum absolute atomic E-state index is 12.9. The molecule has 0 spiro atoms. The van der Waals surface area contributed by atoms with Gasteiger partial charge in [0.1, 0.15) is 0 Å². The first kappa shape index (κ1) is 15.6. The molecule has 0 atom stereocenters. The maximum Gasteiger partial charge on any atom is 0.251 e. The highest BCUT2D eigenvalue weighted by Crippen LogP contribution is 2.09. The summed E-state index contributed by atoms with van der Waals surface area (Å²) < 4.78 is 12.9. The molecule has 1 heterocycles. The molecule has 0 saturated carbocycles. The van der Waals surface area contributed by atoms with E-state index in [4.69, 9.17) is 0 Å². The minimum Gasteiger partial charge on any atom is -0.352 e. The van der Waals surface area contributed by atoms with Crippen LogP contribution in [0.4, 0.5) is 10.1 Å². The zero-order chi connectivity index (χ0) is 15.9. The highest BCUT2D eigenvalue weighted by atomic mass is 19.1. The van der Waals surface area contributed by atoms with Gasteiger partial charge in [-0.15, -0.1) is 0 Å². The number of aromatic nitrogens is 1. The highest BCUT2D eigenvalue weighted by Gasteiger charge is 2.06. The Bertz CT molecular complexity index is 671. The van der Waals surface area contributed by atoms with Crippen LogP contribution in [0.25, 0.3) is 0 Å². The average Bonchev–Trinajstić information content (AvgIpc) is 2.48. The molecule has 5 nitrogen and oxygen atoms in total. The molecule has 2 rings (SSSR count). The predicted octanol–water partition coefficient (Wildman–Crippen LogP) is 2.15. The third kappa shape index (κ3) is 4.66. The van der Waals surface area contributed by atoms with Gasteiger partial charge in [0.2, 0.25) is 11.9 Å². The summed E-state index contributed by atoms with van der Waals surface area (Å²) in [7, 11) is 0. The molecule has 0 aliphatic rings.